The highest BCUT2D eigenvalue weighted by Crippen LogP contribution is 2.27. The molecule has 120 valence electrons. The van der Waals surface area contributed by atoms with Gasteiger partial charge in [-0.3, -0.25) is 9.20 Å². The van der Waals surface area contributed by atoms with E-state index in [0.29, 0.717) is 11.3 Å². The van der Waals surface area contributed by atoms with Crippen LogP contribution in [0, 0.1) is 13.8 Å². The lowest BCUT2D eigenvalue weighted by atomic mass is 10.1. The van der Waals surface area contributed by atoms with Crippen molar-refractivity contribution in [3.05, 3.63) is 64.4 Å². The molecule has 0 atom stereocenters. The van der Waals surface area contributed by atoms with Crippen LogP contribution in [0.15, 0.2) is 36.2 Å². The third-order valence-corrected chi connectivity index (χ3v) is 4.31. The fraction of sp³-hybridized carbons (Fsp3) is 0.211. The molecule has 5 nitrogen and oxygen atoms in total. The lowest BCUT2D eigenvalue weighted by molar-refractivity contribution is 0.102. The van der Waals surface area contributed by atoms with E-state index >= 15 is 0 Å². The third kappa shape index (κ3) is 2.38. The second-order valence-corrected chi connectivity index (χ2v) is 6.36. The highest BCUT2D eigenvalue weighted by Gasteiger charge is 2.17. The lowest BCUT2D eigenvalue weighted by Gasteiger charge is -2.07. The van der Waals surface area contributed by atoms with Crippen molar-refractivity contribution in [3.8, 4) is 0 Å². The first-order valence-corrected chi connectivity index (χ1v) is 7.94. The number of allylic oxidation sites excluding steroid dienone is 1. The van der Waals surface area contributed by atoms with E-state index in [-0.39, 0.29) is 5.91 Å². The van der Waals surface area contributed by atoms with Gasteiger partial charge in [-0.2, -0.15) is 0 Å². The standard InChI is InChI=1S/C19H18N4O/c1-11-6-14-4-5-16(9-15(14)7-11)22-19(24)17-18-21-12(2)8-13(3)23(18)10-20-17/h4-5,7-10H,6H2,1-3H3,(H,22,24). The number of carbonyl (C=O) groups is 1. The van der Waals surface area contributed by atoms with Crippen molar-refractivity contribution >= 4 is 23.3 Å². The molecule has 0 bridgehead atoms. The van der Waals surface area contributed by atoms with Crippen LogP contribution in [0.3, 0.4) is 0 Å². The Labute approximate surface area is 140 Å². The average molecular weight is 318 g/mol. The number of carbonyl (C=O) groups excluding carboxylic acids is 1. The number of rotatable bonds is 2. The van der Waals surface area contributed by atoms with Gasteiger partial charge in [-0.1, -0.05) is 17.7 Å². The minimum absolute atomic E-state index is 0.242. The summed E-state index contributed by atoms with van der Waals surface area (Å²) in [4.78, 5) is 21.3. The summed E-state index contributed by atoms with van der Waals surface area (Å²) in [5, 5.41) is 2.94. The summed E-state index contributed by atoms with van der Waals surface area (Å²) in [5.74, 6) is -0.242. The Hall–Kier alpha value is -2.95. The zero-order valence-corrected chi connectivity index (χ0v) is 13.9. The summed E-state index contributed by atoms with van der Waals surface area (Å²) in [5.41, 5.74) is 7.38. The number of anilines is 1. The highest BCUT2D eigenvalue weighted by molar-refractivity contribution is 6.07. The van der Waals surface area contributed by atoms with Crippen LogP contribution in [0.25, 0.3) is 11.7 Å². The Morgan fingerprint density at radius 2 is 2.04 bits per heavy atom. The van der Waals surface area contributed by atoms with E-state index in [2.05, 4.69) is 34.4 Å². The molecule has 0 spiro atoms. The smallest absolute Gasteiger partial charge is 0.278 e. The van der Waals surface area contributed by atoms with Crippen molar-refractivity contribution in [2.45, 2.75) is 27.2 Å². The lowest BCUT2D eigenvalue weighted by Crippen LogP contribution is -2.13. The topological polar surface area (TPSA) is 59.3 Å². The first-order chi connectivity index (χ1) is 11.5. The predicted molar refractivity (Wildman–Crippen MR) is 94.2 cm³/mol. The number of fused-ring (bicyclic) bond motifs is 2. The largest absolute Gasteiger partial charge is 0.321 e. The molecule has 24 heavy (non-hydrogen) atoms. The van der Waals surface area contributed by atoms with Gasteiger partial charge in [-0.25, -0.2) is 9.97 Å². The van der Waals surface area contributed by atoms with Gasteiger partial charge in [-0.15, -0.1) is 0 Å². The number of amides is 1. The van der Waals surface area contributed by atoms with E-state index in [4.69, 9.17) is 0 Å². The quantitative estimate of drug-likeness (QED) is 0.786. The number of nitrogens with zero attached hydrogens (tertiary/aromatic N) is 3. The van der Waals surface area contributed by atoms with Crippen molar-refractivity contribution in [2.24, 2.45) is 0 Å². The van der Waals surface area contributed by atoms with E-state index in [1.807, 2.05) is 36.4 Å². The monoisotopic (exact) mass is 318 g/mol. The fourth-order valence-corrected chi connectivity index (χ4v) is 3.21. The zero-order chi connectivity index (χ0) is 16.8. The highest BCUT2D eigenvalue weighted by atomic mass is 16.1. The summed E-state index contributed by atoms with van der Waals surface area (Å²) in [6.07, 6.45) is 4.78. The normalized spacial score (nSPS) is 13.0. The summed E-state index contributed by atoms with van der Waals surface area (Å²) in [6.45, 7) is 6.00. The minimum atomic E-state index is -0.242. The van der Waals surface area contributed by atoms with Gasteiger partial charge >= 0.3 is 0 Å². The number of aryl methyl sites for hydroxylation is 2. The number of aromatic nitrogens is 3. The molecule has 1 aliphatic rings. The number of nitrogens with one attached hydrogen (secondary N) is 1. The molecule has 0 fully saturated rings. The SMILES string of the molecule is CC1=Cc2cc(NC(=O)c3ncn4c(C)cc(C)nc34)ccc2C1. The average Bonchev–Trinajstić information content (AvgIpc) is 3.09. The molecule has 0 saturated carbocycles. The van der Waals surface area contributed by atoms with E-state index in [0.717, 1.165) is 23.5 Å². The molecule has 1 aliphatic carbocycles. The molecule has 0 radical (unpaired) electrons. The number of imidazole rings is 1. The molecule has 0 saturated heterocycles. The van der Waals surface area contributed by atoms with Crippen molar-refractivity contribution in [1.82, 2.24) is 14.4 Å². The molecule has 1 N–H and O–H groups in total. The molecule has 0 aliphatic heterocycles. The predicted octanol–water partition coefficient (Wildman–Crippen LogP) is 3.56. The van der Waals surface area contributed by atoms with Gasteiger partial charge in [0.25, 0.3) is 5.91 Å². The Morgan fingerprint density at radius 3 is 2.88 bits per heavy atom. The van der Waals surface area contributed by atoms with Gasteiger partial charge in [0.2, 0.25) is 0 Å². The summed E-state index contributed by atoms with van der Waals surface area (Å²) >= 11 is 0. The van der Waals surface area contributed by atoms with Crippen LogP contribution in [-0.4, -0.2) is 20.3 Å². The second-order valence-electron chi connectivity index (χ2n) is 6.36. The molecule has 1 aromatic carbocycles. The van der Waals surface area contributed by atoms with Crippen molar-refractivity contribution in [1.29, 1.82) is 0 Å². The first-order valence-electron chi connectivity index (χ1n) is 7.94. The van der Waals surface area contributed by atoms with Crippen LogP contribution >= 0.6 is 0 Å². The maximum Gasteiger partial charge on any atom is 0.278 e. The van der Waals surface area contributed by atoms with E-state index < -0.39 is 0 Å². The van der Waals surface area contributed by atoms with Gasteiger partial charge in [0.1, 0.15) is 6.33 Å². The van der Waals surface area contributed by atoms with Crippen molar-refractivity contribution in [3.63, 3.8) is 0 Å². The van der Waals surface area contributed by atoms with Crippen molar-refractivity contribution in [2.75, 3.05) is 5.32 Å². The molecule has 1 amide bonds. The Bertz CT molecular complexity index is 1010. The molecule has 2 aromatic heterocycles. The molecular weight excluding hydrogens is 300 g/mol. The van der Waals surface area contributed by atoms with E-state index in [1.165, 1.54) is 16.7 Å². The van der Waals surface area contributed by atoms with Crippen LogP contribution in [0.4, 0.5) is 5.69 Å². The van der Waals surface area contributed by atoms with Gasteiger partial charge in [0.05, 0.1) is 0 Å². The molecule has 4 rings (SSSR count). The molecule has 5 heteroatoms. The number of hydrogen-bond donors (Lipinski definition) is 1. The zero-order valence-electron chi connectivity index (χ0n) is 13.9. The van der Waals surface area contributed by atoms with Gasteiger partial charge < -0.3 is 5.32 Å². The van der Waals surface area contributed by atoms with Crippen LogP contribution in [0.2, 0.25) is 0 Å². The number of hydrogen-bond acceptors (Lipinski definition) is 3. The maximum absolute atomic E-state index is 12.6. The maximum atomic E-state index is 12.6. The van der Waals surface area contributed by atoms with Crippen molar-refractivity contribution < 1.29 is 4.79 Å². The number of benzene rings is 1. The molecule has 0 unspecified atom stereocenters. The van der Waals surface area contributed by atoms with Crippen LogP contribution in [0.5, 0.6) is 0 Å². The molecule has 3 aromatic rings. The van der Waals surface area contributed by atoms with Crippen LogP contribution < -0.4 is 5.32 Å². The summed E-state index contributed by atoms with van der Waals surface area (Å²) in [6, 6.07) is 7.97. The summed E-state index contributed by atoms with van der Waals surface area (Å²) < 4.78 is 1.83. The first kappa shape index (κ1) is 14.6. The molecular formula is C19H18N4O. The van der Waals surface area contributed by atoms with Gasteiger partial charge in [0, 0.05) is 17.1 Å². The van der Waals surface area contributed by atoms with Crippen LogP contribution in [0.1, 0.15) is 39.9 Å². The fourth-order valence-electron chi connectivity index (χ4n) is 3.21. The Morgan fingerprint density at radius 1 is 1.21 bits per heavy atom. The third-order valence-electron chi connectivity index (χ3n) is 4.31. The molecule has 2 heterocycles. The van der Waals surface area contributed by atoms with E-state index in [1.54, 1.807) is 6.33 Å². The summed E-state index contributed by atoms with van der Waals surface area (Å²) in [7, 11) is 0. The Kier molecular flexibility index (Phi) is 3.23. The van der Waals surface area contributed by atoms with E-state index in [9.17, 15) is 4.79 Å². The van der Waals surface area contributed by atoms with Gasteiger partial charge in [0.15, 0.2) is 11.3 Å². The second kappa shape index (κ2) is 5.30. The minimum Gasteiger partial charge on any atom is -0.321 e. The van der Waals surface area contributed by atoms with Crippen LogP contribution in [-0.2, 0) is 6.42 Å². The van der Waals surface area contributed by atoms with Gasteiger partial charge in [-0.05, 0) is 56.5 Å². The Balaban J connectivity index is 1.67.